The summed E-state index contributed by atoms with van der Waals surface area (Å²) in [5, 5.41) is 2.36. The van der Waals surface area contributed by atoms with Crippen LogP contribution in [0.1, 0.15) is 5.56 Å². The van der Waals surface area contributed by atoms with Crippen LogP contribution < -0.4 is 4.74 Å². The quantitative estimate of drug-likeness (QED) is 0.279. The van der Waals surface area contributed by atoms with Gasteiger partial charge in [0.25, 0.3) is 0 Å². The van der Waals surface area contributed by atoms with Crippen molar-refractivity contribution >= 4 is 47.5 Å². The normalized spacial score (nSPS) is 14.2. The molecule has 1 aliphatic heterocycles. The fourth-order valence-electron chi connectivity index (χ4n) is 6.09. The van der Waals surface area contributed by atoms with Crippen molar-refractivity contribution in [1.29, 1.82) is 0 Å². The number of pyridine rings is 1. The molecule has 0 atom stereocenters. The topological polar surface area (TPSA) is 39.8 Å². The van der Waals surface area contributed by atoms with E-state index in [1.54, 1.807) is 0 Å². The molecule has 2 aromatic heterocycles. The largest absolute Gasteiger partial charge is 0.572 e. The molecule has 0 saturated heterocycles. The fraction of sp³-hybridized carbons (Fsp3) is 0.188. The second-order valence-corrected chi connectivity index (χ2v) is 11.1. The van der Waals surface area contributed by atoms with Gasteiger partial charge in [-0.15, -0.1) is 0 Å². The zero-order valence-electron chi connectivity index (χ0n) is 24.6. The molecule has 204 valence electrons. The van der Waals surface area contributed by atoms with E-state index in [1.165, 1.54) is 10.8 Å². The van der Waals surface area contributed by atoms with Crippen LogP contribution in [0.5, 0.6) is 11.5 Å². The van der Waals surface area contributed by atoms with Gasteiger partial charge in [0.15, 0.2) is 0 Å². The van der Waals surface area contributed by atoms with Crippen LogP contribution in [0.4, 0.5) is 0 Å². The van der Waals surface area contributed by atoms with Crippen LogP contribution in [0.15, 0.2) is 97.2 Å². The second kappa shape index (κ2) is 10.9. The molecule has 0 fully saturated rings. The van der Waals surface area contributed by atoms with Gasteiger partial charge < -0.3 is 18.8 Å². The standard InChI is InChI=1S/C32H35B2N6O/c1-36(2)33-34(37(3)4)39(6)29(19-21-38(33)5)24-12-11-13-25(22-24)41-26-17-18-28-27-14-7-8-15-30(27)40(31(28)23-26)32-16-9-10-20-35-32/h7-23H,1-6H3/q+1. The molecule has 6 rings (SSSR count). The van der Waals surface area contributed by atoms with E-state index < -0.39 is 0 Å². The molecule has 3 heterocycles. The second-order valence-electron chi connectivity index (χ2n) is 11.1. The first kappa shape index (κ1) is 26.9. The van der Waals surface area contributed by atoms with Crippen molar-refractivity contribution in [3.05, 3.63) is 103 Å². The number of rotatable bonds is 6. The summed E-state index contributed by atoms with van der Waals surface area (Å²) < 4.78 is 11.0. The SMILES string of the molecule is CN(C)B1B(N(C)C)[N+](C)=CC=C(c2cccc(Oc3ccc4c5ccccc5n(-c5ccccn5)c4c3)c2)N1C. The summed E-state index contributed by atoms with van der Waals surface area (Å²) >= 11 is 0. The predicted octanol–water partition coefficient (Wildman–Crippen LogP) is 5.15. The number of para-hydroxylation sites is 1. The van der Waals surface area contributed by atoms with Gasteiger partial charge in [-0.2, -0.15) is 0 Å². The van der Waals surface area contributed by atoms with Crippen LogP contribution in [-0.4, -0.2) is 90.7 Å². The van der Waals surface area contributed by atoms with Crippen LogP contribution in [0.2, 0.25) is 0 Å². The molecule has 0 bridgehead atoms. The van der Waals surface area contributed by atoms with E-state index in [4.69, 9.17) is 4.74 Å². The molecule has 7 nitrogen and oxygen atoms in total. The van der Waals surface area contributed by atoms with Crippen molar-refractivity contribution in [2.75, 3.05) is 42.3 Å². The van der Waals surface area contributed by atoms with Crippen LogP contribution in [0, 0.1) is 0 Å². The number of fused-ring (bicyclic) bond motifs is 3. The molecular weight excluding hydrogens is 506 g/mol. The molecule has 0 radical (unpaired) electrons. The Labute approximate surface area is 242 Å². The molecule has 0 saturated carbocycles. The number of benzene rings is 3. The lowest BCUT2D eigenvalue weighted by atomic mass is 9.31. The van der Waals surface area contributed by atoms with E-state index >= 15 is 0 Å². The lowest BCUT2D eigenvalue weighted by Gasteiger charge is -2.33. The molecule has 5 aromatic rings. The lowest BCUT2D eigenvalue weighted by Crippen LogP contribution is -2.66. The Morgan fingerprint density at radius 2 is 1.54 bits per heavy atom. The molecule has 0 N–H and O–H groups in total. The van der Waals surface area contributed by atoms with E-state index in [0.717, 1.165) is 39.6 Å². The first-order valence-electron chi connectivity index (χ1n) is 13.9. The minimum atomic E-state index is 0.139. The zero-order chi connectivity index (χ0) is 28.7. The average molecular weight is 541 g/mol. The number of allylic oxidation sites excluding steroid dienone is 1. The van der Waals surface area contributed by atoms with Gasteiger partial charge in [0.05, 0.1) is 11.0 Å². The number of nitrogens with zero attached hydrogens (tertiary/aromatic N) is 6. The summed E-state index contributed by atoms with van der Waals surface area (Å²) in [6.07, 6.45) is 6.19. The van der Waals surface area contributed by atoms with Gasteiger partial charge in [0.1, 0.15) is 30.6 Å². The Bertz CT molecular complexity index is 1780. The Kier molecular flexibility index (Phi) is 7.15. The fourth-order valence-corrected chi connectivity index (χ4v) is 6.09. The first-order valence-corrected chi connectivity index (χ1v) is 13.9. The third-order valence-corrected chi connectivity index (χ3v) is 7.88. The van der Waals surface area contributed by atoms with E-state index in [0.29, 0.717) is 0 Å². The van der Waals surface area contributed by atoms with Crippen LogP contribution in [-0.2, 0) is 0 Å². The van der Waals surface area contributed by atoms with E-state index in [-0.39, 0.29) is 13.7 Å². The Morgan fingerprint density at radius 1 is 0.780 bits per heavy atom. The van der Waals surface area contributed by atoms with E-state index in [1.807, 2.05) is 36.5 Å². The van der Waals surface area contributed by atoms with Gasteiger partial charge >= 0.3 is 13.7 Å². The number of ether oxygens (including phenoxy) is 1. The Morgan fingerprint density at radius 3 is 2.29 bits per heavy atom. The maximum absolute atomic E-state index is 6.51. The molecule has 3 aromatic carbocycles. The van der Waals surface area contributed by atoms with Gasteiger partial charge in [-0.05, 0) is 77.7 Å². The Hall–Kier alpha value is -4.33. The Balaban J connectivity index is 1.37. The number of hydrogen-bond donors (Lipinski definition) is 0. The molecule has 0 amide bonds. The lowest BCUT2D eigenvalue weighted by molar-refractivity contribution is -0.350. The van der Waals surface area contributed by atoms with Gasteiger partial charge in [-0.3, -0.25) is 9.38 Å². The highest BCUT2D eigenvalue weighted by Gasteiger charge is 2.51. The summed E-state index contributed by atoms with van der Waals surface area (Å²) in [6.45, 7) is 0.321. The molecule has 9 heteroatoms. The third kappa shape index (κ3) is 4.92. The van der Waals surface area contributed by atoms with Crippen LogP contribution in [0.3, 0.4) is 0 Å². The smallest absolute Gasteiger partial charge is 0.457 e. The van der Waals surface area contributed by atoms with Crippen molar-refractivity contribution < 1.29 is 9.22 Å². The minimum absolute atomic E-state index is 0.139. The van der Waals surface area contributed by atoms with Crippen molar-refractivity contribution in [3.8, 4) is 17.3 Å². The first-order chi connectivity index (χ1) is 19.8. The van der Waals surface area contributed by atoms with Gasteiger partial charge in [0.2, 0.25) is 0 Å². The highest BCUT2D eigenvalue weighted by molar-refractivity contribution is 7.15. The van der Waals surface area contributed by atoms with Crippen molar-refractivity contribution in [2.24, 2.45) is 0 Å². The molecule has 0 spiro atoms. The maximum Gasteiger partial charge on any atom is 0.572 e. The van der Waals surface area contributed by atoms with E-state index in [9.17, 15) is 0 Å². The average Bonchev–Trinajstić information content (AvgIpc) is 3.22. The maximum atomic E-state index is 6.51. The van der Waals surface area contributed by atoms with Gasteiger partial charge in [0, 0.05) is 40.4 Å². The van der Waals surface area contributed by atoms with Crippen molar-refractivity contribution in [1.82, 2.24) is 24.0 Å². The summed E-state index contributed by atoms with van der Waals surface area (Å²) in [5.74, 6) is 2.46. The minimum Gasteiger partial charge on any atom is -0.457 e. The molecule has 1 aliphatic rings. The van der Waals surface area contributed by atoms with Crippen LogP contribution in [0.25, 0.3) is 33.3 Å². The van der Waals surface area contributed by atoms with Crippen LogP contribution >= 0.6 is 0 Å². The number of aromatic nitrogens is 2. The summed E-state index contributed by atoms with van der Waals surface area (Å²) in [7, 11) is 12.8. The van der Waals surface area contributed by atoms with E-state index in [2.05, 4.69) is 138 Å². The molecule has 0 unspecified atom stereocenters. The summed E-state index contributed by atoms with van der Waals surface area (Å²) in [4.78, 5) is 11.5. The third-order valence-electron chi connectivity index (χ3n) is 7.88. The highest BCUT2D eigenvalue weighted by Crippen LogP contribution is 2.35. The molecular formula is C32H35B2N6O+. The molecule has 0 aliphatic carbocycles. The van der Waals surface area contributed by atoms with Crippen molar-refractivity contribution in [2.45, 2.75) is 0 Å². The van der Waals surface area contributed by atoms with Crippen molar-refractivity contribution in [3.63, 3.8) is 0 Å². The zero-order valence-corrected chi connectivity index (χ0v) is 24.6. The number of hydrogen-bond acceptors (Lipinski definition) is 5. The van der Waals surface area contributed by atoms with Gasteiger partial charge in [-0.1, -0.05) is 36.4 Å². The monoisotopic (exact) mass is 541 g/mol. The summed E-state index contributed by atoms with van der Waals surface area (Å²) in [5.41, 5.74) is 4.42. The molecule has 41 heavy (non-hydrogen) atoms. The van der Waals surface area contributed by atoms with Gasteiger partial charge in [-0.25, -0.2) is 4.98 Å². The predicted molar refractivity (Wildman–Crippen MR) is 172 cm³/mol. The summed E-state index contributed by atoms with van der Waals surface area (Å²) in [6, 6.07) is 29.1. The highest BCUT2D eigenvalue weighted by atomic mass is 16.5.